The second kappa shape index (κ2) is 6.87. The number of sulfone groups is 1. The van der Waals surface area contributed by atoms with Gasteiger partial charge in [0.25, 0.3) is 0 Å². The number of alkyl halides is 6. The summed E-state index contributed by atoms with van der Waals surface area (Å²) in [6.45, 7) is 0. The number of benzene rings is 2. The Hall–Kier alpha value is -2.76. The summed E-state index contributed by atoms with van der Waals surface area (Å²) in [6.07, 6.45) is -9.39. The summed E-state index contributed by atoms with van der Waals surface area (Å²) in [5, 5.41) is 0. The van der Waals surface area contributed by atoms with Crippen LogP contribution in [0.4, 0.5) is 42.5 Å². The molecule has 2 fully saturated rings. The first-order valence-corrected chi connectivity index (χ1v) is 10.8. The molecule has 2 aromatic rings. The molecule has 0 aromatic heterocycles. The van der Waals surface area contributed by atoms with E-state index >= 15 is 0 Å². The van der Waals surface area contributed by atoms with Crippen LogP contribution in [0.1, 0.15) is 11.1 Å². The molecule has 0 unspecified atom stereocenters. The number of nitrogens with zero attached hydrogens (tertiary/aromatic N) is 2. The molecule has 2 heterocycles. The topological polar surface area (TPSA) is 57.7 Å². The minimum atomic E-state index is -4.69. The van der Waals surface area contributed by atoms with Gasteiger partial charge in [0, 0.05) is 11.4 Å². The zero-order chi connectivity index (χ0) is 22.8. The molecule has 0 spiro atoms. The van der Waals surface area contributed by atoms with Gasteiger partial charge in [-0.25, -0.2) is 13.2 Å². The lowest BCUT2D eigenvalue weighted by Gasteiger charge is -2.24. The van der Waals surface area contributed by atoms with Crippen molar-refractivity contribution in [2.75, 3.05) is 21.3 Å². The van der Waals surface area contributed by atoms with Gasteiger partial charge in [-0.2, -0.15) is 26.3 Å². The molecule has 31 heavy (non-hydrogen) atoms. The number of carbonyl (C=O) groups is 1. The van der Waals surface area contributed by atoms with E-state index in [2.05, 4.69) is 0 Å². The molecule has 12 heteroatoms. The highest BCUT2D eigenvalue weighted by molar-refractivity contribution is 7.91. The normalized spacial score (nSPS) is 23.4. The van der Waals surface area contributed by atoms with Crippen molar-refractivity contribution < 1.29 is 39.6 Å². The van der Waals surface area contributed by atoms with E-state index in [0.717, 1.165) is 46.2 Å². The Kier molecular flexibility index (Phi) is 4.76. The Morgan fingerprint density at radius 1 is 0.742 bits per heavy atom. The van der Waals surface area contributed by atoms with Gasteiger partial charge in [0.15, 0.2) is 9.84 Å². The Labute approximate surface area is 172 Å². The number of hydrogen-bond acceptors (Lipinski definition) is 3. The van der Waals surface area contributed by atoms with E-state index in [1.54, 1.807) is 0 Å². The van der Waals surface area contributed by atoms with Gasteiger partial charge in [-0.3, -0.25) is 9.80 Å². The first kappa shape index (κ1) is 21.5. The lowest BCUT2D eigenvalue weighted by atomic mass is 10.1. The van der Waals surface area contributed by atoms with Crippen molar-refractivity contribution in [3.8, 4) is 0 Å². The summed E-state index contributed by atoms with van der Waals surface area (Å²) in [7, 11) is -3.67. The van der Waals surface area contributed by atoms with Crippen LogP contribution in [-0.2, 0) is 22.2 Å². The van der Waals surface area contributed by atoms with Gasteiger partial charge in [-0.05, 0) is 36.4 Å². The molecule has 4 rings (SSSR count). The summed E-state index contributed by atoms with van der Waals surface area (Å²) in [4.78, 5) is 15.0. The second-order valence-electron chi connectivity index (χ2n) is 7.33. The number of carbonyl (C=O) groups excluding carboxylic acids is 1. The molecule has 2 aliphatic rings. The average molecular weight is 464 g/mol. The molecule has 0 radical (unpaired) electrons. The lowest BCUT2D eigenvalue weighted by molar-refractivity contribution is -0.138. The van der Waals surface area contributed by atoms with Crippen LogP contribution in [0.5, 0.6) is 0 Å². The number of halogens is 6. The Morgan fingerprint density at radius 2 is 1.13 bits per heavy atom. The first-order valence-electron chi connectivity index (χ1n) is 8.95. The molecular formula is C19H14F6N2O3S. The Morgan fingerprint density at radius 3 is 1.48 bits per heavy atom. The Balaban J connectivity index is 1.81. The minimum absolute atomic E-state index is 0.179. The predicted molar refractivity (Wildman–Crippen MR) is 99.5 cm³/mol. The van der Waals surface area contributed by atoms with Gasteiger partial charge in [0.2, 0.25) is 0 Å². The highest BCUT2D eigenvalue weighted by Gasteiger charge is 2.54. The quantitative estimate of drug-likeness (QED) is 0.491. The fraction of sp³-hybridized carbons (Fsp3) is 0.316. The van der Waals surface area contributed by atoms with E-state index in [9.17, 15) is 39.6 Å². The smallest absolute Gasteiger partial charge is 0.288 e. The number of urea groups is 1. The summed E-state index contributed by atoms with van der Waals surface area (Å²) < 4.78 is 103. The van der Waals surface area contributed by atoms with E-state index in [-0.39, 0.29) is 11.4 Å². The fourth-order valence-electron chi connectivity index (χ4n) is 3.97. The second-order valence-corrected chi connectivity index (χ2v) is 9.48. The molecule has 0 saturated carbocycles. The fourth-order valence-corrected chi connectivity index (χ4v) is 5.89. The number of anilines is 2. The maximum atomic E-state index is 13.1. The summed E-state index contributed by atoms with van der Waals surface area (Å²) >= 11 is 0. The third-order valence-corrected chi connectivity index (χ3v) is 6.97. The maximum Gasteiger partial charge on any atom is 0.416 e. The minimum Gasteiger partial charge on any atom is -0.288 e. The molecule has 0 bridgehead atoms. The predicted octanol–water partition coefficient (Wildman–Crippen LogP) is 4.34. The van der Waals surface area contributed by atoms with Crippen LogP contribution in [0.2, 0.25) is 0 Å². The molecular weight excluding hydrogens is 450 g/mol. The molecule has 2 aliphatic heterocycles. The van der Waals surface area contributed by atoms with Crippen LogP contribution in [-0.4, -0.2) is 38.0 Å². The van der Waals surface area contributed by atoms with E-state index in [1.807, 2.05) is 0 Å². The molecule has 2 saturated heterocycles. The summed E-state index contributed by atoms with van der Waals surface area (Å²) in [5.41, 5.74) is -2.43. The molecule has 0 N–H and O–H groups in total. The number of rotatable bonds is 2. The third-order valence-electron chi connectivity index (χ3n) is 5.27. The number of fused-ring (bicyclic) bond motifs is 1. The van der Waals surface area contributed by atoms with E-state index in [4.69, 9.17) is 0 Å². The standard InChI is InChI=1S/C19H14F6N2O3S/c20-18(21,22)11-3-1-5-13(7-11)26-15-9-31(29,30)10-16(15)27(17(26)28)14-6-2-4-12(8-14)19(23,24)25/h1-8,15-16H,9-10H2/t15-,16+. The van der Waals surface area contributed by atoms with Gasteiger partial charge in [-0.15, -0.1) is 0 Å². The van der Waals surface area contributed by atoms with Crippen molar-refractivity contribution in [3.05, 3.63) is 59.7 Å². The molecule has 2 atom stereocenters. The van der Waals surface area contributed by atoms with Crippen LogP contribution in [0.3, 0.4) is 0 Å². The SMILES string of the molecule is O=C1N(c2cccc(C(F)(F)F)c2)[C@@H]2CS(=O)(=O)C[C@@H]2N1c1cccc(C(F)(F)F)c1. The van der Waals surface area contributed by atoms with Gasteiger partial charge in [-0.1, -0.05) is 12.1 Å². The zero-order valence-electron chi connectivity index (χ0n) is 15.5. The molecule has 5 nitrogen and oxygen atoms in total. The van der Waals surface area contributed by atoms with Crippen LogP contribution in [0.15, 0.2) is 48.5 Å². The van der Waals surface area contributed by atoms with Gasteiger partial charge in [0.1, 0.15) is 0 Å². The zero-order valence-corrected chi connectivity index (χ0v) is 16.3. The molecule has 2 amide bonds. The summed E-state index contributed by atoms with van der Waals surface area (Å²) in [5.74, 6) is -1.01. The highest BCUT2D eigenvalue weighted by Crippen LogP contribution is 2.41. The molecule has 2 aromatic carbocycles. The number of hydrogen-bond donors (Lipinski definition) is 0. The van der Waals surface area contributed by atoms with Gasteiger partial charge >= 0.3 is 18.4 Å². The lowest BCUT2D eigenvalue weighted by Crippen LogP contribution is -2.38. The van der Waals surface area contributed by atoms with Crippen LogP contribution < -0.4 is 9.80 Å². The highest BCUT2D eigenvalue weighted by atomic mass is 32.2. The van der Waals surface area contributed by atoms with Crippen LogP contribution in [0.25, 0.3) is 0 Å². The van der Waals surface area contributed by atoms with E-state index < -0.39 is 62.9 Å². The monoisotopic (exact) mass is 464 g/mol. The average Bonchev–Trinajstić information content (AvgIpc) is 3.09. The van der Waals surface area contributed by atoms with Crippen LogP contribution >= 0.6 is 0 Å². The van der Waals surface area contributed by atoms with Crippen molar-refractivity contribution in [3.63, 3.8) is 0 Å². The van der Waals surface area contributed by atoms with Crippen molar-refractivity contribution in [1.29, 1.82) is 0 Å². The van der Waals surface area contributed by atoms with Gasteiger partial charge in [0.05, 0.1) is 34.7 Å². The van der Waals surface area contributed by atoms with Gasteiger partial charge < -0.3 is 0 Å². The van der Waals surface area contributed by atoms with Crippen molar-refractivity contribution in [2.45, 2.75) is 24.4 Å². The summed E-state index contributed by atoms with van der Waals surface area (Å²) in [6, 6.07) is 4.71. The van der Waals surface area contributed by atoms with Crippen molar-refractivity contribution >= 4 is 27.2 Å². The largest absolute Gasteiger partial charge is 0.416 e. The molecule has 0 aliphatic carbocycles. The molecule has 166 valence electrons. The van der Waals surface area contributed by atoms with E-state index in [0.29, 0.717) is 0 Å². The first-order chi connectivity index (χ1) is 14.3. The third kappa shape index (κ3) is 3.84. The van der Waals surface area contributed by atoms with Crippen molar-refractivity contribution in [1.82, 2.24) is 0 Å². The maximum absolute atomic E-state index is 13.1. The number of amides is 2. The van der Waals surface area contributed by atoms with Crippen LogP contribution in [0, 0.1) is 0 Å². The Bertz CT molecular complexity index is 1060. The van der Waals surface area contributed by atoms with E-state index in [1.165, 1.54) is 12.1 Å². The van der Waals surface area contributed by atoms with Crippen molar-refractivity contribution in [2.24, 2.45) is 0 Å².